The number of rotatable bonds is 5. The van der Waals surface area contributed by atoms with Crippen LogP contribution in [0.2, 0.25) is 0 Å². The molecular weight excluding hydrogens is 592 g/mol. The third kappa shape index (κ3) is 5.94. The molecule has 7 rings (SSSR count). The van der Waals surface area contributed by atoms with Crippen molar-refractivity contribution in [2.45, 2.75) is 113 Å². The number of carbonyl (C=O) groups is 1. The van der Waals surface area contributed by atoms with Crippen LogP contribution in [0.3, 0.4) is 0 Å². The number of hydrogen-bond acceptors (Lipinski definition) is 9. The number of piperazine rings is 1. The Labute approximate surface area is 269 Å². The number of halogens is 2. The van der Waals surface area contributed by atoms with E-state index in [-0.39, 0.29) is 35.2 Å². The number of hydrogen-bond donors (Lipinski definition) is 5. The van der Waals surface area contributed by atoms with Gasteiger partial charge in [0.25, 0.3) is 5.91 Å². The third-order valence-corrected chi connectivity index (χ3v) is 11.3. The molecule has 1 aliphatic carbocycles. The number of carbonyl (C=O) groups excluding carboxylic acids is 1. The minimum absolute atomic E-state index is 0.0210. The number of nitrogens with one attached hydrogen (secondary N) is 3. The summed E-state index contributed by atoms with van der Waals surface area (Å²) in [5, 5.41) is 25.4. The molecular formula is C33H49F2N9O2. The van der Waals surface area contributed by atoms with Crippen LogP contribution in [0, 0.1) is 11.7 Å². The first kappa shape index (κ1) is 31.6. The van der Waals surface area contributed by atoms with E-state index in [4.69, 9.17) is 5.73 Å². The maximum Gasteiger partial charge on any atom is 0.263 e. The van der Waals surface area contributed by atoms with Crippen molar-refractivity contribution >= 4 is 28.9 Å². The molecule has 6 heterocycles. The molecule has 252 valence electrons. The first-order chi connectivity index (χ1) is 22.3. The number of aliphatic hydroxyl groups is 1. The van der Waals surface area contributed by atoms with Crippen molar-refractivity contribution in [1.82, 2.24) is 25.0 Å². The second kappa shape index (κ2) is 13.2. The Balaban J connectivity index is 1.08. The van der Waals surface area contributed by atoms with E-state index in [2.05, 4.69) is 30.9 Å². The summed E-state index contributed by atoms with van der Waals surface area (Å²) in [6.07, 6.45) is 13.3. The van der Waals surface area contributed by atoms with Gasteiger partial charge in [0.1, 0.15) is 29.5 Å². The Kier molecular flexibility index (Phi) is 9.08. The summed E-state index contributed by atoms with van der Waals surface area (Å²) in [6, 6.07) is 0.900. The van der Waals surface area contributed by atoms with Gasteiger partial charge in [0, 0.05) is 50.7 Å². The first-order valence-electron chi connectivity index (χ1n) is 17.5. The number of anilines is 4. The lowest BCUT2D eigenvalue weighted by Crippen LogP contribution is -2.57. The molecule has 5 aliphatic rings. The van der Waals surface area contributed by atoms with E-state index in [9.17, 15) is 9.90 Å². The zero-order valence-corrected chi connectivity index (χ0v) is 26.7. The smallest absolute Gasteiger partial charge is 0.263 e. The molecule has 0 aromatic carbocycles. The van der Waals surface area contributed by atoms with Crippen molar-refractivity contribution < 1.29 is 18.7 Å². The number of alkyl halides is 1. The fourth-order valence-corrected chi connectivity index (χ4v) is 8.84. The fraction of sp³-hybridized carbons (Fsp3) is 0.727. The van der Waals surface area contributed by atoms with Crippen LogP contribution in [-0.4, -0.2) is 87.9 Å². The molecule has 3 saturated heterocycles. The number of pyridine rings is 1. The average molecular weight is 642 g/mol. The van der Waals surface area contributed by atoms with Crippen molar-refractivity contribution in [2.24, 2.45) is 5.92 Å². The Morgan fingerprint density at radius 3 is 2.35 bits per heavy atom. The molecule has 13 heteroatoms. The van der Waals surface area contributed by atoms with Gasteiger partial charge in [0.05, 0.1) is 23.6 Å². The van der Waals surface area contributed by atoms with Gasteiger partial charge < -0.3 is 31.7 Å². The zero-order chi connectivity index (χ0) is 31.8. The van der Waals surface area contributed by atoms with E-state index in [1.54, 1.807) is 4.68 Å². The molecule has 4 atom stereocenters. The summed E-state index contributed by atoms with van der Waals surface area (Å²) in [7, 11) is 0. The Bertz CT molecular complexity index is 1380. The number of fused-ring (bicyclic) bond motifs is 4. The second-order valence-electron chi connectivity index (χ2n) is 14.2. The fourth-order valence-electron chi connectivity index (χ4n) is 8.84. The van der Waals surface area contributed by atoms with E-state index in [1.165, 1.54) is 12.6 Å². The van der Waals surface area contributed by atoms with Crippen LogP contribution >= 0.6 is 0 Å². The highest BCUT2D eigenvalue weighted by atomic mass is 19.1. The SMILES string of the molecule is Nc1nn2c(c1C(=O)Nc1cncc(F)c1N1CCC(C(O)N3CC4CCC(C3)N4)CC1)NCC(F)C21CCCCCCCCC1. The Morgan fingerprint density at radius 2 is 1.67 bits per heavy atom. The van der Waals surface area contributed by atoms with Gasteiger partial charge in [-0.2, -0.15) is 5.10 Å². The minimum atomic E-state index is -1.16. The summed E-state index contributed by atoms with van der Waals surface area (Å²) in [6.45, 7) is 2.87. The van der Waals surface area contributed by atoms with Gasteiger partial charge in [-0.05, 0) is 38.5 Å². The number of nitrogens with zero attached hydrogens (tertiary/aromatic N) is 5. The summed E-state index contributed by atoms with van der Waals surface area (Å²) in [5.41, 5.74) is 6.20. The highest BCUT2D eigenvalue weighted by Crippen LogP contribution is 2.44. The van der Waals surface area contributed by atoms with Crippen LogP contribution in [0.4, 0.5) is 31.8 Å². The molecule has 6 N–H and O–H groups in total. The van der Waals surface area contributed by atoms with Crippen molar-refractivity contribution in [3.8, 4) is 0 Å². The van der Waals surface area contributed by atoms with Crippen molar-refractivity contribution in [3.63, 3.8) is 0 Å². The molecule has 11 nitrogen and oxygen atoms in total. The second-order valence-corrected chi connectivity index (χ2v) is 14.2. The molecule has 1 saturated carbocycles. The number of aromatic nitrogens is 3. The molecule has 2 bridgehead atoms. The van der Waals surface area contributed by atoms with Crippen LogP contribution in [0.5, 0.6) is 0 Å². The predicted octanol–water partition coefficient (Wildman–Crippen LogP) is 4.21. The van der Waals surface area contributed by atoms with Crippen molar-refractivity contribution in [1.29, 1.82) is 0 Å². The molecule has 1 amide bonds. The van der Waals surface area contributed by atoms with Crippen LogP contribution in [0.15, 0.2) is 12.4 Å². The van der Waals surface area contributed by atoms with E-state index in [0.29, 0.717) is 56.7 Å². The number of nitrogen functional groups attached to an aromatic ring is 1. The molecule has 1 spiro atoms. The van der Waals surface area contributed by atoms with Gasteiger partial charge in [0.2, 0.25) is 0 Å². The quantitative estimate of drug-likeness (QED) is 0.325. The van der Waals surface area contributed by atoms with E-state index in [1.807, 2.05) is 4.90 Å². The molecule has 46 heavy (non-hydrogen) atoms. The number of aliphatic hydroxyl groups excluding tert-OH is 1. The Hall–Kier alpha value is -3.03. The van der Waals surface area contributed by atoms with E-state index in [0.717, 1.165) is 70.7 Å². The highest BCUT2D eigenvalue weighted by molar-refractivity contribution is 6.12. The minimum Gasteiger partial charge on any atom is -0.381 e. The van der Waals surface area contributed by atoms with Crippen LogP contribution in [0.25, 0.3) is 0 Å². The maximum absolute atomic E-state index is 15.8. The van der Waals surface area contributed by atoms with Gasteiger partial charge in [-0.3, -0.25) is 14.7 Å². The number of amides is 1. The molecule has 4 fully saturated rings. The first-order valence-corrected chi connectivity index (χ1v) is 17.5. The zero-order valence-electron chi connectivity index (χ0n) is 26.7. The molecule has 4 aliphatic heterocycles. The van der Waals surface area contributed by atoms with E-state index < -0.39 is 29.7 Å². The molecule has 0 radical (unpaired) electrons. The van der Waals surface area contributed by atoms with Gasteiger partial charge in [0.15, 0.2) is 11.6 Å². The normalized spacial score (nSPS) is 28.0. The van der Waals surface area contributed by atoms with Gasteiger partial charge in [-0.1, -0.05) is 44.9 Å². The van der Waals surface area contributed by atoms with Crippen molar-refractivity contribution in [2.75, 3.05) is 54.0 Å². The lowest BCUT2D eigenvalue weighted by atomic mass is 9.80. The summed E-state index contributed by atoms with van der Waals surface area (Å²) >= 11 is 0. The van der Waals surface area contributed by atoms with Gasteiger partial charge in [-0.15, -0.1) is 0 Å². The number of likely N-dealkylation sites (tertiary alicyclic amines) is 1. The van der Waals surface area contributed by atoms with Crippen LogP contribution in [0.1, 0.15) is 93.8 Å². The monoisotopic (exact) mass is 641 g/mol. The molecule has 2 aromatic heterocycles. The van der Waals surface area contributed by atoms with Crippen LogP contribution in [-0.2, 0) is 5.54 Å². The average Bonchev–Trinajstić information content (AvgIpc) is 3.59. The molecule has 2 aromatic rings. The van der Waals surface area contributed by atoms with Crippen LogP contribution < -0.4 is 26.6 Å². The summed E-state index contributed by atoms with van der Waals surface area (Å²) < 4.78 is 32.9. The standard InChI is InChI=1S/C33H49F2N9O2/c34-24-16-37-17-25(28(24)42-14-10-21(11-15-42)32(46)43-19-22-8-9-23(20-43)39-22)40-31(45)27-29(36)41-44-30(27)38-18-26(35)33(44)12-6-4-2-1-3-5-7-13-33/h16-17,21-23,26,32,38-39,46H,1-15,18-20H2,(H2,36,41)(H,40,45). The van der Waals surface area contributed by atoms with Gasteiger partial charge in [-0.25, -0.2) is 13.5 Å². The lowest BCUT2D eigenvalue weighted by Gasteiger charge is -2.42. The summed E-state index contributed by atoms with van der Waals surface area (Å²) in [5.74, 6) is -0.532. The topological polar surface area (TPSA) is 137 Å². The van der Waals surface area contributed by atoms with E-state index >= 15 is 8.78 Å². The van der Waals surface area contributed by atoms with Gasteiger partial charge >= 0.3 is 0 Å². The maximum atomic E-state index is 15.8. The lowest BCUT2D eigenvalue weighted by molar-refractivity contribution is -0.0605. The molecule has 4 unspecified atom stereocenters. The highest BCUT2D eigenvalue weighted by Gasteiger charge is 2.47. The Morgan fingerprint density at radius 1 is 1.02 bits per heavy atom. The predicted molar refractivity (Wildman–Crippen MR) is 174 cm³/mol. The van der Waals surface area contributed by atoms with Crippen molar-refractivity contribution in [3.05, 3.63) is 23.8 Å². The summed E-state index contributed by atoms with van der Waals surface area (Å²) in [4.78, 5) is 22.0. The third-order valence-electron chi connectivity index (χ3n) is 11.3. The number of nitrogens with two attached hydrogens (primary N) is 1. The largest absolute Gasteiger partial charge is 0.381 e. The number of piperidine rings is 1.